The van der Waals surface area contributed by atoms with Crippen molar-refractivity contribution in [3.8, 4) is 0 Å². The molecule has 2 aromatic rings. The number of benzene rings is 1. The van der Waals surface area contributed by atoms with Crippen LogP contribution in [-0.2, 0) is 13.0 Å². The number of nitrogens with two attached hydrogens (primary N) is 1. The van der Waals surface area contributed by atoms with Crippen molar-refractivity contribution >= 4 is 11.5 Å². The van der Waals surface area contributed by atoms with Crippen LogP contribution in [0.2, 0.25) is 0 Å². The molecular formula is C15H20N4O. The highest BCUT2D eigenvalue weighted by Crippen LogP contribution is 2.17. The number of anilines is 2. The van der Waals surface area contributed by atoms with Crippen LogP contribution in [0.25, 0.3) is 0 Å². The summed E-state index contributed by atoms with van der Waals surface area (Å²) in [7, 11) is 0. The van der Waals surface area contributed by atoms with Crippen LogP contribution in [0.1, 0.15) is 25.2 Å². The molecule has 0 spiro atoms. The van der Waals surface area contributed by atoms with Gasteiger partial charge in [-0.05, 0) is 18.6 Å². The first kappa shape index (κ1) is 14.1. The molecule has 0 amide bonds. The lowest BCUT2D eigenvalue weighted by Crippen LogP contribution is -2.26. The van der Waals surface area contributed by atoms with Gasteiger partial charge in [-0.15, -0.1) is 0 Å². The van der Waals surface area contributed by atoms with E-state index in [4.69, 9.17) is 5.73 Å². The topological polar surface area (TPSA) is 75.0 Å². The molecule has 1 aromatic carbocycles. The summed E-state index contributed by atoms with van der Waals surface area (Å²) in [6.07, 6.45) is 0.702. The van der Waals surface area contributed by atoms with Gasteiger partial charge in [-0.2, -0.15) is 0 Å². The molecule has 0 saturated heterocycles. The Hall–Kier alpha value is -2.30. The van der Waals surface area contributed by atoms with Crippen LogP contribution in [0.3, 0.4) is 0 Å². The Labute approximate surface area is 118 Å². The first-order valence-electron chi connectivity index (χ1n) is 6.82. The van der Waals surface area contributed by atoms with Crippen molar-refractivity contribution in [1.29, 1.82) is 0 Å². The number of hydrogen-bond acceptors (Lipinski definition) is 4. The van der Waals surface area contributed by atoms with Crippen molar-refractivity contribution in [3.63, 3.8) is 0 Å². The molecule has 5 nitrogen and oxygen atoms in total. The van der Waals surface area contributed by atoms with Gasteiger partial charge in [0.1, 0.15) is 11.6 Å². The van der Waals surface area contributed by atoms with Crippen LogP contribution < -0.4 is 16.2 Å². The summed E-state index contributed by atoms with van der Waals surface area (Å²) < 4.78 is 0. The van der Waals surface area contributed by atoms with Gasteiger partial charge < -0.3 is 15.6 Å². The van der Waals surface area contributed by atoms with E-state index in [1.54, 1.807) is 0 Å². The van der Waals surface area contributed by atoms with Crippen LogP contribution in [0, 0.1) is 0 Å². The van der Waals surface area contributed by atoms with Gasteiger partial charge in [-0.1, -0.05) is 25.1 Å². The molecule has 0 radical (unpaired) electrons. The fourth-order valence-electron chi connectivity index (χ4n) is 2.06. The third-order valence-corrected chi connectivity index (χ3v) is 3.23. The Morgan fingerprint density at radius 1 is 1.30 bits per heavy atom. The van der Waals surface area contributed by atoms with E-state index in [9.17, 15) is 4.79 Å². The number of nitrogen functional groups attached to an aromatic ring is 1. The number of aryl methyl sites for hydroxylation is 1. The lowest BCUT2D eigenvalue weighted by Gasteiger charge is -2.23. The average Bonchev–Trinajstić information content (AvgIpc) is 2.45. The average molecular weight is 272 g/mol. The van der Waals surface area contributed by atoms with E-state index in [-0.39, 0.29) is 5.56 Å². The normalized spacial score (nSPS) is 10.5. The number of aromatic nitrogens is 2. The Morgan fingerprint density at radius 3 is 2.70 bits per heavy atom. The fourth-order valence-corrected chi connectivity index (χ4v) is 2.06. The van der Waals surface area contributed by atoms with Gasteiger partial charge in [0.2, 0.25) is 0 Å². The molecule has 0 bridgehead atoms. The van der Waals surface area contributed by atoms with Crippen molar-refractivity contribution in [3.05, 3.63) is 52.1 Å². The van der Waals surface area contributed by atoms with E-state index in [0.717, 1.165) is 17.8 Å². The second-order valence-corrected chi connectivity index (χ2v) is 4.62. The molecule has 5 heteroatoms. The predicted molar refractivity (Wildman–Crippen MR) is 81.8 cm³/mol. The monoisotopic (exact) mass is 272 g/mol. The Balaban J connectivity index is 2.31. The zero-order valence-corrected chi connectivity index (χ0v) is 11.9. The number of nitrogens with one attached hydrogen (secondary N) is 1. The smallest absolute Gasteiger partial charge is 0.252 e. The molecule has 0 saturated carbocycles. The molecular weight excluding hydrogens is 252 g/mol. The zero-order valence-electron chi connectivity index (χ0n) is 11.9. The lowest BCUT2D eigenvalue weighted by atomic mass is 10.1. The summed E-state index contributed by atoms with van der Waals surface area (Å²) in [5.41, 5.74) is 7.65. The quantitative estimate of drug-likeness (QED) is 0.816. The summed E-state index contributed by atoms with van der Waals surface area (Å²) in [6.45, 7) is 5.40. The van der Waals surface area contributed by atoms with E-state index in [0.29, 0.717) is 24.6 Å². The van der Waals surface area contributed by atoms with Gasteiger partial charge in [0, 0.05) is 31.3 Å². The van der Waals surface area contributed by atoms with Gasteiger partial charge in [0.25, 0.3) is 5.56 Å². The van der Waals surface area contributed by atoms with Crippen LogP contribution >= 0.6 is 0 Å². The minimum absolute atomic E-state index is 0.119. The molecule has 0 aliphatic carbocycles. The minimum atomic E-state index is -0.119. The molecule has 1 aromatic heterocycles. The van der Waals surface area contributed by atoms with Gasteiger partial charge in [-0.25, -0.2) is 4.98 Å². The van der Waals surface area contributed by atoms with Crippen LogP contribution in [0.4, 0.5) is 11.5 Å². The highest BCUT2D eigenvalue weighted by molar-refractivity contribution is 5.49. The van der Waals surface area contributed by atoms with Crippen molar-refractivity contribution in [1.82, 2.24) is 9.97 Å². The number of aromatic amines is 1. The predicted octanol–water partition coefficient (Wildman–Crippen LogP) is 1.94. The molecule has 0 atom stereocenters. The molecule has 20 heavy (non-hydrogen) atoms. The van der Waals surface area contributed by atoms with Crippen molar-refractivity contribution < 1.29 is 0 Å². The lowest BCUT2D eigenvalue weighted by molar-refractivity contribution is 0.793. The van der Waals surface area contributed by atoms with E-state index in [2.05, 4.69) is 9.97 Å². The molecule has 0 fully saturated rings. The van der Waals surface area contributed by atoms with E-state index in [1.807, 2.05) is 43.0 Å². The Morgan fingerprint density at radius 2 is 2.05 bits per heavy atom. The fraction of sp³-hybridized carbons (Fsp3) is 0.333. The standard InChI is InChI=1S/C15H20N4O/c1-3-13-17-14(9-15(20)18-13)19(4-2)10-11-7-5-6-8-12(11)16/h5-9H,3-4,10,16H2,1-2H3,(H,17,18,20). The number of para-hydroxylation sites is 1. The third kappa shape index (κ3) is 3.17. The molecule has 0 aliphatic heterocycles. The van der Waals surface area contributed by atoms with E-state index in [1.165, 1.54) is 6.07 Å². The Bertz CT molecular complexity index is 636. The van der Waals surface area contributed by atoms with Crippen molar-refractivity contribution in [2.75, 3.05) is 17.2 Å². The number of rotatable bonds is 5. The first-order chi connectivity index (χ1) is 9.63. The number of nitrogens with zero attached hydrogens (tertiary/aromatic N) is 2. The van der Waals surface area contributed by atoms with Crippen LogP contribution in [0.15, 0.2) is 35.1 Å². The summed E-state index contributed by atoms with van der Waals surface area (Å²) in [5.74, 6) is 1.39. The summed E-state index contributed by atoms with van der Waals surface area (Å²) >= 11 is 0. The van der Waals surface area contributed by atoms with Gasteiger partial charge >= 0.3 is 0 Å². The van der Waals surface area contributed by atoms with Crippen molar-refractivity contribution in [2.24, 2.45) is 0 Å². The van der Waals surface area contributed by atoms with Crippen molar-refractivity contribution in [2.45, 2.75) is 26.8 Å². The Kier molecular flexibility index (Phi) is 4.40. The molecule has 0 aliphatic rings. The van der Waals surface area contributed by atoms with Gasteiger partial charge in [0.15, 0.2) is 0 Å². The zero-order chi connectivity index (χ0) is 14.5. The SMILES string of the molecule is CCc1nc(N(CC)Cc2ccccc2N)cc(=O)[nH]1. The first-order valence-corrected chi connectivity index (χ1v) is 6.82. The number of H-pyrrole nitrogens is 1. The largest absolute Gasteiger partial charge is 0.398 e. The maximum atomic E-state index is 11.7. The second-order valence-electron chi connectivity index (χ2n) is 4.62. The van der Waals surface area contributed by atoms with E-state index >= 15 is 0 Å². The molecule has 3 N–H and O–H groups in total. The highest BCUT2D eigenvalue weighted by atomic mass is 16.1. The summed E-state index contributed by atoms with van der Waals surface area (Å²) in [4.78, 5) is 20.9. The van der Waals surface area contributed by atoms with Crippen LogP contribution in [-0.4, -0.2) is 16.5 Å². The minimum Gasteiger partial charge on any atom is -0.398 e. The molecule has 2 rings (SSSR count). The second kappa shape index (κ2) is 6.23. The van der Waals surface area contributed by atoms with Gasteiger partial charge in [0.05, 0.1) is 0 Å². The maximum Gasteiger partial charge on any atom is 0.252 e. The van der Waals surface area contributed by atoms with Crippen LogP contribution in [0.5, 0.6) is 0 Å². The molecule has 1 heterocycles. The molecule has 0 unspecified atom stereocenters. The number of hydrogen-bond donors (Lipinski definition) is 2. The van der Waals surface area contributed by atoms with Gasteiger partial charge in [-0.3, -0.25) is 4.79 Å². The maximum absolute atomic E-state index is 11.7. The summed E-state index contributed by atoms with van der Waals surface area (Å²) in [6, 6.07) is 9.28. The summed E-state index contributed by atoms with van der Waals surface area (Å²) in [5, 5.41) is 0. The highest BCUT2D eigenvalue weighted by Gasteiger charge is 2.10. The third-order valence-electron chi connectivity index (χ3n) is 3.23. The van der Waals surface area contributed by atoms with E-state index < -0.39 is 0 Å². The molecule has 106 valence electrons.